The first-order chi connectivity index (χ1) is 13.5. The van der Waals surface area contributed by atoms with Gasteiger partial charge in [-0.2, -0.15) is 0 Å². The van der Waals surface area contributed by atoms with Crippen LogP contribution in [-0.2, 0) is 20.7 Å². The van der Waals surface area contributed by atoms with Crippen molar-refractivity contribution in [3.05, 3.63) is 71.8 Å². The quantitative estimate of drug-likeness (QED) is 0.374. The van der Waals surface area contributed by atoms with Crippen molar-refractivity contribution in [3.63, 3.8) is 0 Å². The molecular weight excluding hydrogens is 378 g/mol. The summed E-state index contributed by atoms with van der Waals surface area (Å²) in [5, 5.41) is 2.32. The van der Waals surface area contributed by atoms with Gasteiger partial charge in [0.2, 0.25) is 5.91 Å². The molecule has 2 aromatic carbocycles. The van der Waals surface area contributed by atoms with E-state index in [0.717, 1.165) is 5.56 Å². The van der Waals surface area contributed by atoms with Gasteiger partial charge in [0.05, 0.1) is 13.0 Å². The molecule has 7 nitrogen and oxygen atoms in total. The number of ether oxygens (including phenoxy) is 1. The van der Waals surface area contributed by atoms with Crippen LogP contribution in [0.15, 0.2) is 60.7 Å². The number of hydrazine groups is 1. The van der Waals surface area contributed by atoms with Crippen molar-refractivity contribution in [2.24, 2.45) is 0 Å². The van der Waals surface area contributed by atoms with Gasteiger partial charge in [0.15, 0.2) is 5.11 Å². The smallest absolute Gasteiger partial charge is 0.306 e. The Bertz CT molecular complexity index is 813. The molecule has 0 aliphatic carbocycles. The Balaban J connectivity index is 1.58. The summed E-state index contributed by atoms with van der Waals surface area (Å²) in [6.45, 7) is 0.260. The van der Waals surface area contributed by atoms with Crippen molar-refractivity contribution in [2.75, 3.05) is 6.61 Å². The Morgan fingerprint density at radius 2 is 1.50 bits per heavy atom. The maximum absolute atomic E-state index is 11.8. The van der Waals surface area contributed by atoms with E-state index < -0.39 is 11.9 Å². The number of hydrogen-bond donors (Lipinski definition) is 3. The van der Waals surface area contributed by atoms with E-state index in [9.17, 15) is 14.4 Å². The number of carbonyl (C=O) groups is 3. The number of hydrogen-bond acceptors (Lipinski definition) is 5. The minimum Gasteiger partial charge on any atom is -0.465 e. The average Bonchev–Trinajstić information content (AvgIpc) is 2.72. The van der Waals surface area contributed by atoms with E-state index in [4.69, 9.17) is 17.0 Å². The molecule has 0 bridgehead atoms. The third-order valence-electron chi connectivity index (χ3n) is 3.63. The zero-order valence-electron chi connectivity index (χ0n) is 15.1. The van der Waals surface area contributed by atoms with Crippen LogP contribution in [0.3, 0.4) is 0 Å². The predicted octanol–water partition coefficient (Wildman–Crippen LogP) is 1.89. The van der Waals surface area contributed by atoms with Crippen LogP contribution in [0.1, 0.15) is 28.8 Å². The normalized spacial score (nSPS) is 9.86. The average molecular weight is 399 g/mol. The molecule has 0 aliphatic heterocycles. The van der Waals surface area contributed by atoms with Crippen LogP contribution < -0.4 is 16.2 Å². The summed E-state index contributed by atoms with van der Waals surface area (Å²) >= 11 is 4.93. The van der Waals surface area contributed by atoms with Crippen LogP contribution in [-0.4, -0.2) is 29.5 Å². The van der Waals surface area contributed by atoms with E-state index in [-0.39, 0.29) is 30.5 Å². The summed E-state index contributed by atoms with van der Waals surface area (Å²) in [5.41, 5.74) is 6.33. The number of thiocarbonyl (C=S) groups is 1. The molecule has 0 heterocycles. The van der Waals surface area contributed by atoms with E-state index in [1.165, 1.54) is 0 Å². The molecule has 0 aliphatic rings. The van der Waals surface area contributed by atoms with Gasteiger partial charge in [-0.05, 0) is 29.9 Å². The van der Waals surface area contributed by atoms with Gasteiger partial charge in [0.25, 0.3) is 5.91 Å². The third-order valence-corrected chi connectivity index (χ3v) is 3.84. The minimum absolute atomic E-state index is 0.0559. The summed E-state index contributed by atoms with van der Waals surface area (Å²) < 4.78 is 5.10. The second-order valence-corrected chi connectivity index (χ2v) is 6.19. The molecule has 0 spiro atoms. The van der Waals surface area contributed by atoms with Gasteiger partial charge in [-0.15, -0.1) is 0 Å². The zero-order chi connectivity index (χ0) is 20.2. The maximum Gasteiger partial charge on any atom is 0.306 e. The lowest BCUT2D eigenvalue weighted by molar-refractivity contribution is -0.144. The fourth-order valence-corrected chi connectivity index (χ4v) is 2.38. The summed E-state index contributed by atoms with van der Waals surface area (Å²) in [4.78, 5) is 35.3. The summed E-state index contributed by atoms with van der Waals surface area (Å²) in [7, 11) is 0. The summed E-state index contributed by atoms with van der Waals surface area (Å²) in [6.07, 6.45) is 0.492. The molecule has 2 aromatic rings. The lowest BCUT2D eigenvalue weighted by Crippen LogP contribution is -2.48. The highest BCUT2D eigenvalue weighted by Crippen LogP contribution is 2.01. The molecule has 0 saturated carbocycles. The molecule has 0 fully saturated rings. The van der Waals surface area contributed by atoms with Crippen molar-refractivity contribution in [1.82, 2.24) is 16.2 Å². The minimum atomic E-state index is -0.456. The van der Waals surface area contributed by atoms with Crippen LogP contribution >= 0.6 is 12.2 Å². The first kappa shape index (κ1) is 21.0. The van der Waals surface area contributed by atoms with E-state index in [1.54, 1.807) is 30.3 Å². The van der Waals surface area contributed by atoms with Crippen LogP contribution in [0.25, 0.3) is 0 Å². The fraction of sp³-hybridized carbons (Fsp3) is 0.200. The summed E-state index contributed by atoms with van der Waals surface area (Å²) in [5.74, 6) is -1.30. The van der Waals surface area contributed by atoms with E-state index in [2.05, 4.69) is 16.2 Å². The first-order valence-corrected chi connectivity index (χ1v) is 9.10. The second kappa shape index (κ2) is 11.5. The Morgan fingerprint density at radius 3 is 2.18 bits per heavy atom. The van der Waals surface area contributed by atoms with Gasteiger partial charge in [0, 0.05) is 18.4 Å². The lowest BCUT2D eigenvalue weighted by atomic mass is 10.2. The standard InChI is InChI=1S/C20H21N3O4S/c24-17(11-12-18(25)27-14-13-15-7-3-1-4-8-15)21-20(28)23-22-19(26)16-9-5-2-6-10-16/h1-10H,11-14H2,(H,22,26)(H2,21,23,24,28). The van der Waals surface area contributed by atoms with Crippen LogP contribution in [0.5, 0.6) is 0 Å². The van der Waals surface area contributed by atoms with Crippen molar-refractivity contribution >= 4 is 35.1 Å². The van der Waals surface area contributed by atoms with Crippen LogP contribution in [0, 0.1) is 0 Å². The Morgan fingerprint density at radius 1 is 0.857 bits per heavy atom. The van der Waals surface area contributed by atoms with Crippen LogP contribution in [0.4, 0.5) is 0 Å². The highest BCUT2D eigenvalue weighted by atomic mass is 32.1. The molecule has 2 rings (SSSR count). The van der Waals surface area contributed by atoms with Gasteiger partial charge in [-0.25, -0.2) is 0 Å². The molecule has 2 amide bonds. The van der Waals surface area contributed by atoms with Gasteiger partial charge in [-0.3, -0.25) is 25.2 Å². The topological polar surface area (TPSA) is 96.5 Å². The Labute approximate surface area is 168 Å². The Kier molecular flexibility index (Phi) is 8.61. The molecule has 0 unspecified atom stereocenters. The van der Waals surface area contributed by atoms with E-state index >= 15 is 0 Å². The monoisotopic (exact) mass is 399 g/mol. The third kappa shape index (κ3) is 7.96. The van der Waals surface area contributed by atoms with Gasteiger partial charge in [0.1, 0.15) is 0 Å². The largest absolute Gasteiger partial charge is 0.465 e. The molecule has 8 heteroatoms. The van der Waals surface area contributed by atoms with Crippen LogP contribution in [0.2, 0.25) is 0 Å². The Hall–Kier alpha value is -3.26. The number of carbonyl (C=O) groups excluding carboxylic acids is 3. The molecule has 3 N–H and O–H groups in total. The fourth-order valence-electron chi connectivity index (χ4n) is 2.21. The highest BCUT2D eigenvalue weighted by Gasteiger charge is 2.10. The molecule has 0 saturated heterocycles. The van der Waals surface area contributed by atoms with Crippen molar-refractivity contribution < 1.29 is 19.1 Å². The predicted molar refractivity (Wildman–Crippen MR) is 108 cm³/mol. The van der Waals surface area contributed by atoms with E-state index in [0.29, 0.717) is 12.0 Å². The van der Waals surface area contributed by atoms with Gasteiger partial charge in [-0.1, -0.05) is 48.5 Å². The zero-order valence-corrected chi connectivity index (χ0v) is 16.0. The molecule has 28 heavy (non-hydrogen) atoms. The first-order valence-electron chi connectivity index (χ1n) is 8.69. The van der Waals surface area contributed by atoms with Crippen molar-refractivity contribution in [2.45, 2.75) is 19.3 Å². The SMILES string of the molecule is O=C(CCC(=O)OCCc1ccccc1)NC(=S)NNC(=O)c1ccccc1. The highest BCUT2D eigenvalue weighted by molar-refractivity contribution is 7.80. The molecule has 146 valence electrons. The molecule has 0 radical (unpaired) electrons. The molecule has 0 atom stereocenters. The van der Waals surface area contributed by atoms with Gasteiger partial charge >= 0.3 is 5.97 Å². The summed E-state index contributed by atoms with van der Waals surface area (Å²) in [6, 6.07) is 18.2. The second-order valence-electron chi connectivity index (χ2n) is 5.78. The maximum atomic E-state index is 11.8. The number of rotatable bonds is 7. The van der Waals surface area contributed by atoms with Crippen molar-refractivity contribution in [3.8, 4) is 0 Å². The number of esters is 1. The number of nitrogens with one attached hydrogen (secondary N) is 3. The number of amides is 2. The van der Waals surface area contributed by atoms with Crippen molar-refractivity contribution in [1.29, 1.82) is 0 Å². The molecular formula is C20H21N3O4S. The lowest BCUT2D eigenvalue weighted by Gasteiger charge is -2.10. The molecule has 0 aromatic heterocycles. The van der Waals surface area contributed by atoms with E-state index in [1.807, 2.05) is 30.3 Å². The number of benzene rings is 2. The van der Waals surface area contributed by atoms with Gasteiger partial charge < -0.3 is 10.1 Å².